The molecule has 2 N–H and O–H groups in total. The molecule has 1 aromatic heterocycles. The highest BCUT2D eigenvalue weighted by atomic mass is 15.1. The molecule has 0 bridgehead atoms. The van der Waals surface area contributed by atoms with Crippen molar-refractivity contribution >= 4 is 11.0 Å². The minimum atomic E-state index is 0.606. The van der Waals surface area contributed by atoms with Gasteiger partial charge in [-0.3, -0.25) is 0 Å². The second-order valence-electron chi connectivity index (χ2n) is 7.02. The van der Waals surface area contributed by atoms with E-state index in [0.717, 1.165) is 23.4 Å². The molecule has 3 aliphatic rings. The predicted molar refractivity (Wildman–Crippen MR) is 79.5 cm³/mol. The van der Waals surface area contributed by atoms with E-state index >= 15 is 0 Å². The summed E-state index contributed by atoms with van der Waals surface area (Å²) in [6.45, 7) is 0.606. The summed E-state index contributed by atoms with van der Waals surface area (Å²) in [5.74, 6) is 4.14. The number of hydrogen-bond donors (Lipinski definition) is 1. The average molecular weight is 267 g/mol. The van der Waals surface area contributed by atoms with Gasteiger partial charge in [0.25, 0.3) is 0 Å². The molecule has 20 heavy (non-hydrogen) atoms. The summed E-state index contributed by atoms with van der Waals surface area (Å²) in [5, 5.41) is 0. The Bertz CT molecular complexity index is 673. The van der Waals surface area contributed by atoms with E-state index in [9.17, 15) is 0 Å². The fourth-order valence-electron chi connectivity index (χ4n) is 4.22. The molecule has 0 saturated heterocycles. The lowest BCUT2D eigenvalue weighted by Gasteiger charge is -2.14. The lowest BCUT2D eigenvalue weighted by atomic mass is 10.0. The fourth-order valence-corrected chi connectivity index (χ4v) is 4.22. The second-order valence-corrected chi connectivity index (χ2v) is 7.02. The van der Waals surface area contributed by atoms with E-state index in [-0.39, 0.29) is 0 Å². The van der Waals surface area contributed by atoms with Crippen LogP contribution in [-0.2, 0) is 6.54 Å². The SMILES string of the molecule is NCc1ccc2c(c1)nc(C1CC3CC3C1)n2C1CC1. The summed E-state index contributed by atoms with van der Waals surface area (Å²) in [6.07, 6.45) is 6.90. The lowest BCUT2D eigenvalue weighted by molar-refractivity contribution is 0.552. The van der Waals surface area contributed by atoms with Crippen molar-refractivity contribution in [2.45, 2.75) is 50.6 Å². The minimum Gasteiger partial charge on any atom is -0.326 e. The van der Waals surface area contributed by atoms with Crippen LogP contribution in [0.4, 0.5) is 0 Å². The molecule has 2 aromatic rings. The Kier molecular flexibility index (Phi) is 2.18. The van der Waals surface area contributed by atoms with Gasteiger partial charge in [-0.25, -0.2) is 4.98 Å². The van der Waals surface area contributed by atoms with E-state index < -0.39 is 0 Å². The zero-order valence-electron chi connectivity index (χ0n) is 11.8. The Morgan fingerprint density at radius 3 is 2.65 bits per heavy atom. The number of nitrogens with zero attached hydrogens (tertiary/aromatic N) is 2. The summed E-state index contributed by atoms with van der Waals surface area (Å²) < 4.78 is 2.56. The lowest BCUT2D eigenvalue weighted by Crippen LogP contribution is -2.07. The average Bonchev–Trinajstić information content (AvgIpc) is 3.38. The second kappa shape index (κ2) is 3.85. The Hall–Kier alpha value is -1.35. The van der Waals surface area contributed by atoms with Crippen molar-refractivity contribution < 1.29 is 0 Å². The van der Waals surface area contributed by atoms with E-state index in [2.05, 4.69) is 22.8 Å². The number of nitrogens with two attached hydrogens (primary N) is 1. The van der Waals surface area contributed by atoms with E-state index in [1.165, 1.54) is 49.0 Å². The Morgan fingerprint density at radius 1 is 1.15 bits per heavy atom. The summed E-state index contributed by atoms with van der Waals surface area (Å²) >= 11 is 0. The number of imidazole rings is 1. The highest BCUT2D eigenvalue weighted by molar-refractivity contribution is 5.77. The summed E-state index contributed by atoms with van der Waals surface area (Å²) in [7, 11) is 0. The van der Waals surface area contributed by atoms with Crippen LogP contribution in [0.15, 0.2) is 18.2 Å². The maximum Gasteiger partial charge on any atom is 0.113 e. The molecule has 3 heteroatoms. The molecule has 5 rings (SSSR count). The van der Waals surface area contributed by atoms with Crippen LogP contribution in [0.3, 0.4) is 0 Å². The van der Waals surface area contributed by atoms with Crippen LogP contribution in [0, 0.1) is 11.8 Å². The Morgan fingerprint density at radius 2 is 1.95 bits per heavy atom. The normalized spacial score (nSPS) is 31.8. The van der Waals surface area contributed by atoms with E-state index in [1.54, 1.807) is 0 Å². The van der Waals surface area contributed by atoms with Crippen molar-refractivity contribution in [2.24, 2.45) is 17.6 Å². The first-order valence-electron chi connectivity index (χ1n) is 8.04. The van der Waals surface area contributed by atoms with Crippen molar-refractivity contribution in [3.8, 4) is 0 Å². The molecule has 1 aromatic carbocycles. The predicted octanol–water partition coefficient (Wildman–Crippen LogP) is 3.34. The van der Waals surface area contributed by atoms with Gasteiger partial charge in [0.15, 0.2) is 0 Å². The van der Waals surface area contributed by atoms with Gasteiger partial charge in [-0.1, -0.05) is 6.07 Å². The van der Waals surface area contributed by atoms with Crippen LogP contribution in [-0.4, -0.2) is 9.55 Å². The molecular weight excluding hydrogens is 246 g/mol. The van der Waals surface area contributed by atoms with Gasteiger partial charge in [0.1, 0.15) is 5.82 Å². The Labute approximate surface area is 119 Å². The van der Waals surface area contributed by atoms with Gasteiger partial charge in [-0.15, -0.1) is 0 Å². The van der Waals surface area contributed by atoms with Gasteiger partial charge in [0.2, 0.25) is 0 Å². The zero-order valence-corrected chi connectivity index (χ0v) is 11.8. The number of fused-ring (bicyclic) bond motifs is 2. The largest absolute Gasteiger partial charge is 0.326 e. The van der Waals surface area contributed by atoms with Crippen LogP contribution in [0.2, 0.25) is 0 Å². The molecule has 0 amide bonds. The van der Waals surface area contributed by atoms with Crippen molar-refractivity contribution in [3.05, 3.63) is 29.6 Å². The quantitative estimate of drug-likeness (QED) is 0.927. The molecular formula is C17H21N3. The molecule has 0 spiro atoms. The molecule has 3 aliphatic carbocycles. The number of hydrogen-bond acceptors (Lipinski definition) is 2. The first-order chi connectivity index (χ1) is 9.83. The molecule has 3 nitrogen and oxygen atoms in total. The van der Waals surface area contributed by atoms with Crippen LogP contribution in [0.25, 0.3) is 11.0 Å². The number of rotatable bonds is 3. The monoisotopic (exact) mass is 267 g/mol. The van der Waals surface area contributed by atoms with E-state index in [1.807, 2.05) is 0 Å². The van der Waals surface area contributed by atoms with E-state index in [0.29, 0.717) is 12.5 Å². The Balaban J connectivity index is 1.65. The van der Waals surface area contributed by atoms with Gasteiger partial charge in [0.05, 0.1) is 11.0 Å². The van der Waals surface area contributed by atoms with Crippen LogP contribution < -0.4 is 5.73 Å². The van der Waals surface area contributed by atoms with Gasteiger partial charge >= 0.3 is 0 Å². The van der Waals surface area contributed by atoms with E-state index in [4.69, 9.17) is 10.7 Å². The van der Waals surface area contributed by atoms with Crippen LogP contribution in [0.5, 0.6) is 0 Å². The summed E-state index contributed by atoms with van der Waals surface area (Å²) in [4.78, 5) is 5.03. The summed E-state index contributed by atoms with van der Waals surface area (Å²) in [6, 6.07) is 7.31. The van der Waals surface area contributed by atoms with Crippen LogP contribution >= 0.6 is 0 Å². The van der Waals surface area contributed by atoms with Gasteiger partial charge in [-0.05, 0) is 61.6 Å². The maximum atomic E-state index is 5.77. The molecule has 3 fully saturated rings. The molecule has 1 heterocycles. The van der Waals surface area contributed by atoms with Gasteiger partial charge in [0, 0.05) is 18.5 Å². The third-order valence-corrected chi connectivity index (χ3v) is 5.54. The van der Waals surface area contributed by atoms with Gasteiger partial charge in [-0.2, -0.15) is 0 Å². The molecule has 0 aliphatic heterocycles. The molecule has 2 unspecified atom stereocenters. The van der Waals surface area contributed by atoms with Gasteiger partial charge < -0.3 is 10.3 Å². The third kappa shape index (κ3) is 1.59. The number of benzene rings is 1. The van der Waals surface area contributed by atoms with Crippen molar-refractivity contribution in [1.29, 1.82) is 0 Å². The molecule has 104 valence electrons. The molecule has 3 saturated carbocycles. The molecule has 2 atom stereocenters. The molecule has 0 radical (unpaired) electrons. The smallest absolute Gasteiger partial charge is 0.113 e. The first-order valence-corrected chi connectivity index (χ1v) is 8.04. The minimum absolute atomic E-state index is 0.606. The number of aromatic nitrogens is 2. The first kappa shape index (κ1) is 11.3. The highest BCUT2D eigenvalue weighted by Crippen LogP contribution is 2.58. The van der Waals surface area contributed by atoms with Crippen LogP contribution in [0.1, 0.15) is 55.5 Å². The van der Waals surface area contributed by atoms with Crippen molar-refractivity contribution in [3.63, 3.8) is 0 Å². The fraction of sp³-hybridized carbons (Fsp3) is 0.588. The van der Waals surface area contributed by atoms with Crippen molar-refractivity contribution in [1.82, 2.24) is 9.55 Å². The zero-order chi connectivity index (χ0) is 13.3. The standard InChI is InChI=1S/C17H21N3/c18-9-10-1-4-16-15(5-10)19-17(20(16)14-2-3-14)13-7-11-6-12(11)8-13/h1,4-5,11-14H,2-3,6-9,18H2. The maximum absolute atomic E-state index is 5.77. The highest BCUT2D eigenvalue weighted by Gasteiger charge is 2.48. The van der Waals surface area contributed by atoms with Crippen molar-refractivity contribution in [2.75, 3.05) is 0 Å². The summed E-state index contributed by atoms with van der Waals surface area (Å²) in [5.41, 5.74) is 9.46. The topological polar surface area (TPSA) is 43.8 Å². The third-order valence-electron chi connectivity index (χ3n) is 5.54.